The summed E-state index contributed by atoms with van der Waals surface area (Å²) in [6.07, 6.45) is 3.94. The molecule has 3 rings (SSSR count). The molecule has 25 heavy (non-hydrogen) atoms. The summed E-state index contributed by atoms with van der Waals surface area (Å²) in [5, 5.41) is 10.7. The van der Waals surface area contributed by atoms with Gasteiger partial charge in [-0.05, 0) is 37.0 Å². The normalized spacial score (nSPS) is 14.4. The number of aryl methyl sites for hydroxylation is 2. The number of aliphatic imine (C=N–C) groups is 1. The van der Waals surface area contributed by atoms with Gasteiger partial charge in [-0.15, -0.1) is 0 Å². The van der Waals surface area contributed by atoms with Crippen molar-refractivity contribution in [3.05, 3.63) is 41.5 Å². The monoisotopic (exact) mass is 341 g/mol. The number of nitrogens with one attached hydrogen (secondary N) is 2. The molecule has 2 aromatic rings. The summed E-state index contributed by atoms with van der Waals surface area (Å²) in [4.78, 5) is 11.3. The lowest BCUT2D eigenvalue weighted by atomic mass is 10.00. The smallest absolute Gasteiger partial charge is 0.191 e. The van der Waals surface area contributed by atoms with E-state index in [1.807, 2.05) is 7.05 Å². The van der Waals surface area contributed by atoms with Crippen molar-refractivity contribution in [3.63, 3.8) is 0 Å². The van der Waals surface area contributed by atoms with Crippen LogP contribution in [0.3, 0.4) is 0 Å². The van der Waals surface area contributed by atoms with Crippen LogP contribution in [0.2, 0.25) is 0 Å². The summed E-state index contributed by atoms with van der Waals surface area (Å²) in [6.45, 7) is 5.28. The molecule has 0 spiro atoms. The number of guanidine groups is 1. The molecule has 0 radical (unpaired) electrons. The minimum atomic E-state index is 0.595. The van der Waals surface area contributed by atoms with Crippen LogP contribution in [-0.4, -0.2) is 40.9 Å². The molecule has 2 heterocycles. The standard InChI is InChI=1S/C18H27N7/c1-4-19-18(21-12-17-22-13-23-25(17)3)20-11-14-7-8-16-15(10-14)6-5-9-24(16)2/h7-8,10,13H,4-6,9,11-12H2,1-3H3,(H2,19,20,21). The lowest BCUT2D eigenvalue weighted by molar-refractivity contribution is 0.673. The number of anilines is 1. The SMILES string of the molecule is CCNC(=NCc1ccc2c(c1)CCCN2C)NCc1ncnn1C. The number of fused-ring (bicyclic) bond motifs is 1. The van der Waals surface area contributed by atoms with Gasteiger partial charge in [-0.1, -0.05) is 12.1 Å². The minimum absolute atomic E-state index is 0.595. The number of nitrogens with zero attached hydrogens (tertiary/aromatic N) is 5. The molecular weight excluding hydrogens is 314 g/mol. The minimum Gasteiger partial charge on any atom is -0.374 e. The number of hydrogen-bond donors (Lipinski definition) is 2. The molecule has 1 aliphatic heterocycles. The maximum Gasteiger partial charge on any atom is 0.191 e. The van der Waals surface area contributed by atoms with Crippen LogP contribution in [0.25, 0.3) is 0 Å². The quantitative estimate of drug-likeness (QED) is 0.636. The van der Waals surface area contributed by atoms with Crippen LogP contribution in [0.5, 0.6) is 0 Å². The van der Waals surface area contributed by atoms with Crippen LogP contribution in [0.4, 0.5) is 5.69 Å². The van der Waals surface area contributed by atoms with E-state index in [4.69, 9.17) is 4.99 Å². The van der Waals surface area contributed by atoms with Gasteiger partial charge in [0.05, 0.1) is 13.1 Å². The van der Waals surface area contributed by atoms with Crippen LogP contribution in [0, 0.1) is 0 Å². The van der Waals surface area contributed by atoms with Crippen LogP contribution < -0.4 is 15.5 Å². The van der Waals surface area contributed by atoms with Gasteiger partial charge in [-0.25, -0.2) is 9.98 Å². The molecule has 7 nitrogen and oxygen atoms in total. The van der Waals surface area contributed by atoms with Gasteiger partial charge < -0.3 is 15.5 Å². The van der Waals surface area contributed by atoms with Gasteiger partial charge in [0.15, 0.2) is 5.96 Å². The van der Waals surface area contributed by atoms with E-state index in [0.29, 0.717) is 13.1 Å². The number of aromatic nitrogens is 3. The molecule has 0 bridgehead atoms. The molecule has 0 fully saturated rings. The summed E-state index contributed by atoms with van der Waals surface area (Å²) in [7, 11) is 4.05. The van der Waals surface area contributed by atoms with Crippen molar-refractivity contribution in [1.82, 2.24) is 25.4 Å². The summed E-state index contributed by atoms with van der Waals surface area (Å²) in [5.74, 6) is 1.67. The van der Waals surface area contributed by atoms with Crippen molar-refractivity contribution >= 4 is 11.6 Å². The molecule has 0 aliphatic carbocycles. The molecular formula is C18H27N7. The van der Waals surface area contributed by atoms with Gasteiger partial charge in [0.1, 0.15) is 12.2 Å². The fraction of sp³-hybridized carbons (Fsp3) is 0.500. The highest BCUT2D eigenvalue weighted by molar-refractivity contribution is 5.79. The van der Waals surface area contributed by atoms with Crippen molar-refractivity contribution in [2.45, 2.75) is 32.9 Å². The summed E-state index contributed by atoms with van der Waals surface area (Å²) >= 11 is 0. The summed E-state index contributed by atoms with van der Waals surface area (Å²) in [5.41, 5.74) is 4.02. The molecule has 0 saturated heterocycles. The van der Waals surface area contributed by atoms with E-state index in [1.54, 1.807) is 11.0 Å². The van der Waals surface area contributed by atoms with Crippen molar-refractivity contribution in [2.75, 3.05) is 25.0 Å². The van der Waals surface area contributed by atoms with Crippen molar-refractivity contribution in [1.29, 1.82) is 0 Å². The van der Waals surface area contributed by atoms with Gasteiger partial charge in [-0.3, -0.25) is 4.68 Å². The molecule has 1 aromatic carbocycles. The lowest BCUT2D eigenvalue weighted by Crippen LogP contribution is -2.37. The van der Waals surface area contributed by atoms with Crippen molar-refractivity contribution in [3.8, 4) is 0 Å². The Morgan fingerprint density at radius 3 is 2.92 bits per heavy atom. The van der Waals surface area contributed by atoms with E-state index in [-0.39, 0.29) is 0 Å². The highest BCUT2D eigenvalue weighted by Crippen LogP contribution is 2.26. The maximum absolute atomic E-state index is 4.70. The fourth-order valence-corrected chi connectivity index (χ4v) is 3.09. The van der Waals surface area contributed by atoms with Gasteiger partial charge in [0.25, 0.3) is 0 Å². The van der Waals surface area contributed by atoms with Crippen LogP contribution in [0.15, 0.2) is 29.5 Å². The van der Waals surface area contributed by atoms with E-state index in [2.05, 4.69) is 57.8 Å². The molecule has 0 unspecified atom stereocenters. The second-order valence-electron chi connectivity index (χ2n) is 6.34. The molecule has 1 aromatic heterocycles. The topological polar surface area (TPSA) is 70.4 Å². The Labute approximate surface area is 149 Å². The predicted octanol–water partition coefficient (Wildman–Crippen LogP) is 1.45. The largest absolute Gasteiger partial charge is 0.374 e. The fourth-order valence-electron chi connectivity index (χ4n) is 3.09. The maximum atomic E-state index is 4.70. The second-order valence-corrected chi connectivity index (χ2v) is 6.34. The first-order valence-electron chi connectivity index (χ1n) is 8.85. The molecule has 0 atom stereocenters. The van der Waals surface area contributed by atoms with E-state index < -0.39 is 0 Å². The first-order chi connectivity index (χ1) is 12.2. The average molecular weight is 341 g/mol. The van der Waals surface area contributed by atoms with Gasteiger partial charge in [-0.2, -0.15) is 5.10 Å². The first-order valence-corrected chi connectivity index (χ1v) is 8.85. The third-order valence-electron chi connectivity index (χ3n) is 4.48. The molecule has 0 saturated carbocycles. The Hall–Kier alpha value is -2.57. The number of benzene rings is 1. The molecule has 134 valence electrons. The highest BCUT2D eigenvalue weighted by Gasteiger charge is 2.13. The highest BCUT2D eigenvalue weighted by atomic mass is 15.3. The molecule has 2 N–H and O–H groups in total. The Morgan fingerprint density at radius 2 is 2.16 bits per heavy atom. The first kappa shape index (κ1) is 17.3. The Bertz CT molecular complexity index is 735. The van der Waals surface area contributed by atoms with Crippen LogP contribution in [0.1, 0.15) is 30.3 Å². The Balaban J connectivity index is 1.66. The van der Waals surface area contributed by atoms with E-state index in [9.17, 15) is 0 Å². The molecule has 7 heteroatoms. The predicted molar refractivity (Wildman–Crippen MR) is 101 cm³/mol. The number of hydrogen-bond acceptors (Lipinski definition) is 4. The van der Waals surface area contributed by atoms with Crippen LogP contribution >= 0.6 is 0 Å². The average Bonchev–Trinajstić information content (AvgIpc) is 3.02. The van der Waals surface area contributed by atoms with E-state index in [1.165, 1.54) is 23.2 Å². The second kappa shape index (κ2) is 8.00. The van der Waals surface area contributed by atoms with Gasteiger partial charge >= 0.3 is 0 Å². The van der Waals surface area contributed by atoms with Gasteiger partial charge in [0, 0.05) is 32.9 Å². The third kappa shape index (κ3) is 4.29. The molecule has 1 aliphatic rings. The summed E-state index contributed by atoms with van der Waals surface area (Å²) in [6, 6.07) is 6.69. The Kier molecular flexibility index (Phi) is 5.53. The zero-order chi connectivity index (χ0) is 17.6. The Morgan fingerprint density at radius 1 is 1.28 bits per heavy atom. The lowest BCUT2D eigenvalue weighted by Gasteiger charge is -2.27. The molecule has 0 amide bonds. The van der Waals surface area contributed by atoms with E-state index in [0.717, 1.165) is 31.3 Å². The van der Waals surface area contributed by atoms with Crippen molar-refractivity contribution < 1.29 is 0 Å². The van der Waals surface area contributed by atoms with E-state index >= 15 is 0 Å². The third-order valence-corrected chi connectivity index (χ3v) is 4.48. The summed E-state index contributed by atoms with van der Waals surface area (Å²) < 4.78 is 1.76. The number of rotatable bonds is 5. The zero-order valence-corrected chi connectivity index (χ0v) is 15.3. The van der Waals surface area contributed by atoms with Crippen molar-refractivity contribution in [2.24, 2.45) is 12.0 Å². The zero-order valence-electron chi connectivity index (χ0n) is 15.3. The van der Waals surface area contributed by atoms with Gasteiger partial charge in [0.2, 0.25) is 0 Å². The van der Waals surface area contributed by atoms with Crippen LogP contribution in [-0.2, 0) is 26.6 Å².